The van der Waals surface area contributed by atoms with Crippen molar-refractivity contribution in [2.24, 2.45) is 0 Å². The maximum Gasteiger partial charge on any atom is 0.319 e. The van der Waals surface area contributed by atoms with Gasteiger partial charge in [0.05, 0.1) is 0 Å². The fourth-order valence-corrected chi connectivity index (χ4v) is 1.78. The van der Waals surface area contributed by atoms with Gasteiger partial charge in [0.1, 0.15) is 5.82 Å². The number of hydrogen-bond donors (Lipinski definition) is 2. The Morgan fingerprint density at radius 1 is 1.05 bits per heavy atom. The van der Waals surface area contributed by atoms with Gasteiger partial charge in [-0.05, 0) is 43.2 Å². The number of amides is 2. The van der Waals surface area contributed by atoms with Crippen LogP contribution in [0, 0.1) is 12.7 Å². The van der Waals surface area contributed by atoms with Gasteiger partial charge in [0.25, 0.3) is 0 Å². The minimum atomic E-state index is -0.251. The molecule has 2 rings (SSSR count). The van der Waals surface area contributed by atoms with Crippen LogP contribution in [0.4, 0.5) is 14.9 Å². The van der Waals surface area contributed by atoms with Crippen molar-refractivity contribution in [1.82, 2.24) is 5.32 Å². The summed E-state index contributed by atoms with van der Waals surface area (Å²) in [7, 11) is 0. The van der Waals surface area contributed by atoms with Gasteiger partial charge in [-0.3, -0.25) is 0 Å². The van der Waals surface area contributed by atoms with E-state index in [4.69, 9.17) is 0 Å². The van der Waals surface area contributed by atoms with Gasteiger partial charge in [-0.25, -0.2) is 9.18 Å². The number of carbonyl (C=O) groups excluding carboxylic acids is 1. The minimum Gasteiger partial charge on any atom is -0.338 e. The van der Waals surface area contributed by atoms with Crippen molar-refractivity contribution >= 4 is 11.7 Å². The molecule has 0 aromatic heterocycles. The molecule has 0 fully saturated rings. The first-order valence-corrected chi connectivity index (χ1v) is 6.49. The monoisotopic (exact) mass is 272 g/mol. The molecule has 3 nitrogen and oxygen atoms in total. The second-order valence-electron chi connectivity index (χ2n) is 4.62. The van der Waals surface area contributed by atoms with Gasteiger partial charge in [0, 0.05) is 12.2 Å². The number of aryl methyl sites for hydroxylation is 1. The highest BCUT2D eigenvalue weighted by Gasteiger charge is 2.01. The van der Waals surface area contributed by atoms with Gasteiger partial charge in [0.15, 0.2) is 0 Å². The summed E-state index contributed by atoms with van der Waals surface area (Å²) >= 11 is 0. The molecule has 0 heterocycles. The Balaban J connectivity index is 1.75. The van der Waals surface area contributed by atoms with Crippen molar-refractivity contribution in [3.05, 3.63) is 65.5 Å². The van der Waals surface area contributed by atoms with E-state index in [-0.39, 0.29) is 11.8 Å². The van der Waals surface area contributed by atoms with Crippen molar-refractivity contribution in [2.45, 2.75) is 13.3 Å². The van der Waals surface area contributed by atoms with Crippen LogP contribution in [0.1, 0.15) is 11.1 Å². The molecule has 0 saturated heterocycles. The van der Waals surface area contributed by atoms with Crippen LogP contribution in [-0.2, 0) is 6.42 Å². The van der Waals surface area contributed by atoms with E-state index in [1.807, 2.05) is 31.2 Å². The lowest BCUT2D eigenvalue weighted by Crippen LogP contribution is -2.30. The lowest BCUT2D eigenvalue weighted by Gasteiger charge is -2.08. The Hall–Kier alpha value is -2.36. The van der Waals surface area contributed by atoms with E-state index in [2.05, 4.69) is 10.6 Å². The molecule has 0 aliphatic heterocycles. The Labute approximate surface area is 117 Å². The molecule has 20 heavy (non-hydrogen) atoms. The molecule has 2 aromatic rings. The average Bonchev–Trinajstić information content (AvgIpc) is 2.44. The van der Waals surface area contributed by atoms with Crippen LogP contribution in [0.5, 0.6) is 0 Å². The number of carbonyl (C=O) groups is 1. The molecule has 0 spiro atoms. The zero-order chi connectivity index (χ0) is 14.4. The highest BCUT2D eigenvalue weighted by Crippen LogP contribution is 2.08. The van der Waals surface area contributed by atoms with Crippen LogP contribution in [0.15, 0.2) is 48.5 Å². The quantitative estimate of drug-likeness (QED) is 0.878. The molecular weight excluding hydrogens is 255 g/mol. The van der Waals surface area contributed by atoms with Crippen molar-refractivity contribution < 1.29 is 9.18 Å². The molecule has 4 heteroatoms. The summed E-state index contributed by atoms with van der Waals surface area (Å²) in [5.74, 6) is -0.251. The predicted octanol–water partition coefficient (Wildman–Crippen LogP) is 3.50. The number of nitrogens with one attached hydrogen (secondary N) is 2. The zero-order valence-corrected chi connectivity index (χ0v) is 11.3. The van der Waals surface area contributed by atoms with E-state index in [0.29, 0.717) is 13.0 Å². The number of anilines is 1. The van der Waals surface area contributed by atoms with Crippen molar-refractivity contribution in [3.8, 4) is 0 Å². The Morgan fingerprint density at radius 2 is 1.70 bits per heavy atom. The molecule has 0 bridgehead atoms. The van der Waals surface area contributed by atoms with Gasteiger partial charge in [-0.15, -0.1) is 0 Å². The van der Waals surface area contributed by atoms with E-state index in [9.17, 15) is 9.18 Å². The highest BCUT2D eigenvalue weighted by atomic mass is 19.1. The zero-order valence-electron chi connectivity index (χ0n) is 11.3. The first-order chi connectivity index (χ1) is 9.63. The first kappa shape index (κ1) is 14.1. The van der Waals surface area contributed by atoms with Crippen molar-refractivity contribution in [3.63, 3.8) is 0 Å². The summed E-state index contributed by atoms with van der Waals surface area (Å²) in [5, 5.41) is 5.52. The minimum absolute atomic E-state index is 0.240. The molecular formula is C16H17FN2O. The summed E-state index contributed by atoms with van der Waals surface area (Å²) in [6, 6.07) is 13.6. The normalized spacial score (nSPS) is 10.1. The summed E-state index contributed by atoms with van der Waals surface area (Å²) in [6.45, 7) is 2.50. The summed E-state index contributed by atoms with van der Waals surface area (Å²) in [5.41, 5.74) is 2.89. The fourth-order valence-electron chi connectivity index (χ4n) is 1.78. The maximum atomic E-state index is 12.7. The van der Waals surface area contributed by atoms with Gasteiger partial charge >= 0.3 is 6.03 Å². The second kappa shape index (κ2) is 6.70. The van der Waals surface area contributed by atoms with Crippen LogP contribution in [-0.4, -0.2) is 12.6 Å². The number of halogens is 1. The molecule has 0 aliphatic rings. The van der Waals surface area contributed by atoms with Gasteiger partial charge in [-0.2, -0.15) is 0 Å². The lowest BCUT2D eigenvalue weighted by atomic mass is 10.1. The fraction of sp³-hybridized carbons (Fsp3) is 0.188. The van der Waals surface area contributed by atoms with Crippen LogP contribution in [0.25, 0.3) is 0 Å². The summed E-state index contributed by atoms with van der Waals surface area (Å²) in [4.78, 5) is 11.7. The lowest BCUT2D eigenvalue weighted by molar-refractivity contribution is 0.252. The number of benzene rings is 2. The van der Waals surface area contributed by atoms with E-state index in [1.54, 1.807) is 12.1 Å². The first-order valence-electron chi connectivity index (χ1n) is 6.49. The van der Waals surface area contributed by atoms with E-state index >= 15 is 0 Å². The molecule has 2 amide bonds. The SMILES string of the molecule is Cc1ccc(NC(=O)NCCc2ccc(F)cc2)cc1. The molecule has 2 N–H and O–H groups in total. The topological polar surface area (TPSA) is 41.1 Å². The molecule has 0 aliphatic carbocycles. The number of urea groups is 1. The van der Waals surface area contributed by atoms with Crippen LogP contribution in [0.2, 0.25) is 0 Å². The Bertz CT molecular complexity index is 564. The predicted molar refractivity (Wildman–Crippen MR) is 78.3 cm³/mol. The summed E-state index contributed by atoms with van der Waals surface area (Å²) < 4.78 is 12.7. The smallest absolute Gasteiger partial charge is 0.319 e. The largest absolute Gasteiger partial charge is 0.338 e. The molecule has 2 aromatic carbocycles. The molecule has 0 saturated carbocycles. The van der Waals surface area contributed by atoms with Crippen molar-refractivity contribution in [1.29, 1.82) is 0 Å². The highest BCUT2D eigenvalue weighted by molar-refractivity contribution is 5.89. The Kier molecular flexibility index (Phi) is 4.71. The van der Waals surface area contributed by atoms with E-state index in [0.717, 1.165) is 16.8 Å². The number of hydrogen-bond acceptors (Lipinski definition) is 1. The maximum absolute atomic E-state index is 12.7. The van der Waals surface area contributed by atoms with Crippen LogP contribution >= 0.6 is 0 Å². The third kappa shape index (κ3) is 4.39. The van der Waals surface area contributed by atoms with Gasteiger partial charge in [-0.1, -0.05) is 29.8 Å². The average molecular weight is 272 g/mol. The van der Waals surface area contributed by atoms with E-state index < -0.39 is 0 Å². The van der Waals surface area contributed by atoms with E-state index in [1.165, 1.54) is 12.1 Å². The second-order valence-corrected chi connectivity index (χ2v) is 4.62. The van der Waals surface area contributed by atoms with Gasteiger partial charge in [0.2, 0.25) is 0 Å². The summed E-state index contributed by atoms with van der Waals surface area (Å²) in [6.07, 6.45) is 0.668. The van der Waals surface area contributed by atoms with Crippen molar-refractivity contribution in [2.75, 3.05) is 11.9 Å². The van der Waals surface area contributed by atoms with Gasteiger partial charge < -0.3 is 10.6 Å². The Morgan fingerprint density at radius 3 is 2.35 bits per heavy atom. The molecule has 0 atom stereocenters. The molecule has 104 valence electrons. The molecule has 0 unspecified atom stereocenters. The third-order valence-corrected chi connectivity index (χ3v) is 2.92. The number of rotatable bonds is 4. The standard InChI is InChI=1S/C16H17FN2O/c1-12-2-8-15(9-3-12)19-16(20)18-11-10-13-4-6-14(17)7-5-13/h2-9H,10-11H2,1H3,(H2,18,19,20). The molecule has 0 radical (unpaired) electrons. The van der Waals surface area contributed by atoms with Crippen LogP contribution in [0.3, 0.4) is 0 Å². The third-order valence-electron chi connectivity index (χ3n) is 2.92. The van der Waals surface area contributed by atoms with Crippen LogP contribution < -0.4 is 10.6 Å².